The molecule has 1 heteroatoms. The molecule has 2 rings (SSSR count). The molecule has 0 spiro atoms. The van der Waals surface area contributed by atoms with Crippen LogP contribution in [0.3, 0.4) is 0 Å². The third-order valence-electron chi connectivity index (χ3n) is 2.19. The van der Waals surface area contributed by atoms with Crippen LogP contribution in [-0.2, 0) is 6.61 Å². The summed E-state index contributed by atoms with van der Waals surface area (Å²) in [7, 11) is 0. The van der Waals surface area contributed by atoms with Crippen LogP contribution in [0.15, 0.2) is 48.5 Å². The van der Waals surface area contributed by atoms with Crippen LogP contribution in [0.1, 0.15) is 11.1 Å². The molecule has 1 radical (unpaired) electrons. The summed E-state index contributed by atoms with van der Waals surface area (Å²) in [6.07, 6.45) is 5.33. The molecule has 0 N–H and O–H groups in total. The first-order valence-corrected chi connectivity index (χ1v) is 5.03. The quantitative estimate of drug-likeness (QED) is 0.703. The molecule has 0 aromatic heterocycles. The van der Waals surface area contributed by atoms with Crippen molar-refractivity contribution in [2.75, 3.05) is 0 Å². The highest BCUT2D eigenvalue weighted by molar-refractivity contribution is 5.35. The zero-order chi connectivity index (χ0) is 11.2. The van der Waals surface area contributed by atoms with Crippen LogP contribution < -0.4 is 4.74 Å². The number of hydrogen-bond acceptors (Lipinski definition) is 1. The SMILES string of the molecule is C#Cc1cccc(COc2cc[c]cc2)c1. The second-order valence-electron chi connectivity index (χ2n) is 3.37. The van der Waals surface area contributed by atoms with E-state index in [1.807, 2.05) is 48.5 Å². The summed E-state index contributed by atoms with van der Waals surface area (Å²) in [6, 6.07) is 18.1. The minimum atomic E-state index is 0.527. The van der Waals surface area contributed by atoms with Crippen LogP contribution in [-0.4, -0.2) is 0 Å². The predicted octanol–water partition coefficient (Wildman–Crippen LogP) is 3.05. The minimum absolute atomic E-state index is 0.527. The van der Waals surface area contributed by atoms with Crippen LogP contribution >= 0.6 is 0 Å². The molecule has 0 amide bonds. The van der Waals surface area contributed by atoms with Crippen molar-refractivity contribution in [2.45, 2.75) is 6.61 Å². The Morgan fingerprint density at radius 1 is 1.19 bits per heavy atom. The van der Waals surface area contributed by atoms with Gasteiger partial charge in [0.25, 0.3) is 0 Å². The number of terminal acetylenes is 1. The Morgan fingerprint density at radius 3 is 2.75 bits per heavy atom. The summed E-state index contributed by atoms with van der Waals surface area (Å²) in [4.78, 5) is 0. The van der Waals surface area contributed by atoms with Gasteiger partial charge < -0.3 is 4.74 Å². The first-order chi connectivity index (χ1) is 7.88. The summed E-state index contributed by atoms with van der Waals surface area (Å²) in [5, 5.41) is 0. The van der Waals surface area contributed by atoms with Gasteiger partial charge in [0.05, 0.1) is 0 Å². The molecular weight excluding hydrogens is 196 g/mol. The lowest BCUT2D eigenvalue weighted by Gasteiger charge is -2.05. The normalized spacial score (nSPS) is 9.44. The fraction of sp³-hybridized carbons (Fsp3) is 0.0667. The maximum Gasteiger partial charge on any atom is 0.119 e. The minimum Gasteiger partial charge on any atom is -0.489 e. The van der Waals surface area contributed by atoms with Crippen LogP contribution in [0.5, 0.6) is 5.75 Å². The first kappa shape index (κ1) is 10.3. The van der Waals surface area contributed by atoms with Gasteiger partial charge in [0.15, 0.2) is 0 Å². The van der Waals surface area contributed by atoms with E-state index in [0.29, 0.717) is 6.61 Å². The number of hydrogen-bond donors (Lipinski definition) is 0. The van der Waals surface area contributed by atoms with Crippen LogP contribution in [0.4, 0.5) is 0 Å². The highest BCUT2D eigenvalue weighted by Gasteiger charge is 1.96. The van der Waals surface area contributed by atoms with Gasteiger partial charge in [0.2, 0.25) is 0 Å². The Balaban J connectivity index is 2.03. The van der Waals surface area contributed by atoms with E-state index >= 15 is 0 Å². The molecule has 0 unspecified atom stereocenters. The molecule has 0 saturated heterocycles. The van der Waals surface area contributed by atoms with Crippen molar-refractivity contribution in [2.24, 2.45) is 0 Å². The Hall–Kier alpha value is -2.20. The van der Waals surface area contributed by atoms with E-state index < -0.39 is 0 Å². The lowest BCUT2D eigenvalue weighted by molar-refractivity contribution is 0.306. The molecule has 0 aliphatic heterocycles. The summed E-state index contributed by atoms with van der Waals surface area (Å²) < 4.78 is 5.60. The summed E-state index contributed by atoms with van der Waals surface area (Å²) in [6.45, 7) is 0.527. The first-order valence-electron chi connectivity index (χ1n) is 5.03. The van der Waals surface area contributed by atoms with E-state index in [4.69, 9.17) is 11.2 Å². The molecule has 0 atom stereocenters. The average molecular weight is 207 g/mol. The molecule has 2 aromatic carbocycles. The molecule has 0 saturated carbocycles. The van der Waals surface area contributed by atoms with E-state index in [2.05, 4.69) is 12.0 Å². The molecule has 0 aliphatic rings. The molecule has 0 aliphatic carbocycles. The van der Waals surface area contributed by atoms with E-state index in [-0.39, 0.29) is 0 Å². The zero-order valence-electron chi connectivity index (χ0n) is 8.81. The summed E-state index contributed by atoms with van der Waals surface area (Å²) >= 11 is 0. The molecule has 16 heavy (non-hydrogen) atoms. The predicted molar refractivity (Wildman–Crippen MR) is 64.0 cm³/mol. The van der Waals surface area contributed by atoms with Crippen molar-refractivity contribution in [3.63, 3.8) is 0 Å². The second-order valence-corrected chi connectivity index (χ2v) is 3.37. The van der Waals surface area contributed by atoms with Crippen LogP contribution in [0, 0.1) is 18.4 Å². The van der Waals surface area contributed by atoms with Gasteiger partial charge in [-0.2, -0.15) is 0 Å². The smallest absolute Gasteiger partial charge is 0.119 e. The Bertz CT molecular complexity index is 494. The maximum atomic E-state index is 5.60. The largest absolute Gasteiger partial charge is 0.489 e. The standard InChI is InChI=1S/C15H11O/c1-2-13-7-6-8-14(11-13)12-16-15-9-4-3-5-10-15/h1,4-11H,12H2. The van der Waals surface area contributed by atoms with Gasteiger partial charge in [-0.3, -0.25) is 0 Å². The van der Waals surface area contributed by atoms with Gasteiger partial charge >= 0.3 is 0 Å². The third kappa shape index (κ3) is 2.65. The number of ether oxygens (including phenoxy) is 1. The second kappa shape index (κ2) is 5.04. The Kier molecular flexibility index (Phi) is 3.25. The molecule has 0 heterocycles. The molecule has 1 nitrogen and oxygen atoms in total. The van der Waals surface area contributed by atoms with Gasteiger partial charge in [-0.15, -0.1) is 6.42 Å². The van der Waals surface area contributed by atoms with Crippen molar-refractivity contribution in [1.82, 2.24) is 0 Å². The number of benzene rings is 2. The molecule has 2 aromatic rings. The fourth-order valence-electron chi connectivity index (χ4n) is 1.39. The lowest BCUT2D eigenvalue weighted by Crippen LogP contribution is -1.95. The number of rotatable bonds is 3. The Labute approximate surface area is 95.7 Å². The highest BCUT2D eigenvalue weighted by Crippen LogP contribution is 2.12. The lowest BCUT2D eigenvalue weighted by atomic mass is 10.1. The summed E-state index contributed by atoms with van der Waals surface area (Å²) in [5.41, 5.74) is 1.95. The van der Waals surface area contributed by atoms with E-state index in [9.17, 15) is 0 Å². The van der Waals surface area contributed by atoms with Crippen LogP contribution in [0.25, 0.3) is 0 Å². The van der Waals surface area contributed by atoms with E-state index in [0.717, 1.165) is 16.9 Å². The Morgan fingerprint density at radius 2 is 2.00 bits per heavy atom. The fourth-order valence-corrected chi connectivity index (χ4v) is 1.39. The molecule has 0 fully saturated rings. The van der Waals surface area contributed by atoms with Crippen molar-refractivity contribution < 1.29 is 4.74 Å². The third-order valence-corrected chi connectivity index (χ3v) is 2.19. The highest BCUT2D eigenvalue weighted by atomic mass is 16.5. The maximum absolute atomic E-state index is 5.60. The van der Waals surface area contributed by atoms with Gasteiger partial charge in [-0.1, -0.05) is 30.2 Å². The zero-order valence-corrected chi connectivity index (χ0v) is 8.81. The monoisotopic (exact) mass is 207 g/mol. The van der Waals surface area contributed by atoms with E-state index in [1.54, 1.807) is 0 Å². The van der Waals surface area contributed by atoms with Crippen molar-refractivity contribution in [1.29, 1.82) is 0 Å². The molecular formula is C15H11O. The van der Waals surface area contributed by atoms with Crippen molar-refractivity contribution in [3.05, 3.63) is 65.7 Å². The van der Waals surface area contributed by atoms with Crippen LogP contribution in [0.2, 0.25) is 0 Å². The topological polar surface area (TPSA) is 9.23 Å². The van der Waals surface area contributed by atoms with Gasteiger partial charge in [-0.25, -0.2) is 0 Å². The van der Waals surface area contributed by atoms with Crippen molar-refractivity contribution in [3.8, 4) is 18.1 Å². The van der Waals surface area contributed by atoms with Crippen molar-refractivity contribution >= 4 is 0 Å². The van der Waals surface area contributed by atoms with Gasteiger partial charge in [0.1, 0.15) is 12.4 Å². The van der Waals surface area contributed by atoms with Gasteiger partial charge in [0, 0.05) is 5.56 Å². The van der Waals surface area contributed by atoms with Gasteiger partial charge in [-0.05, 0) is 35.9 Å². The average Bonchev–Trinajstić information content (AvgIpc) is 2.38. The molecule has 0 bridgehead atoms. The van der Waals surface area contributed by atoms with E-state index in [1.165, 1.54) is 0 Å². The summed E-state index contributed by atoms with van der Waals surface area (Å²) in [5.74, 6) is 3.44. The molecule has 77 valence electrons.